The van der Waals surface area contributed by atoms with Crippen molar-refractivity contribution in [3.05, 3.63) is 23.8 Å². The molecule has 1 heterocycles. The molecule has 0 radical (unpaired) electrons. The zero-order valence-corrected chi connectivity index (χ0v) is 12.7. The summed E-state index contributed by atoms with van der Waals surface area (Å²) in [7, 11) is 0. The van der Waals surface area contributed by atoms with Crippen molar-refractivity contribution in [3.8, 4) is 5.75 Å². The van der Waals surface area contributed by atoms with Crippen LogP contribution in [0.25, 0.3) is 0 Å². The fourth-order valence-electron chi connectivity index (χ4n) is 2.15. The Bertz CT molecular complexity index is 574. The summed E-state index contributed by atoms with van der Waals surface area (Å²) in [6.07, 6.45) is 0. The van der Waals surface area contributed by atoms with Crippen LogP contribution in [0.3, 0.4) is 0 Å². The molecule has 0 aliphatic carbocycles. The Balaban J connectivity index is 2.07. The average Bonchev–Trinajstić information content (AvgIpc) is 2.39. The molecule has 1 saturated heterocycles. The topological polar surface area (TPSA) is 89.9 Å². The number of carbonyl (C=O) groups excluding carboxylic acids is 1. The molecule has 1 aliphatic rings. The van der Waals surface area contributed by atoms with Crippen molar-refractivity contribution in [2.45, 2.75) is 18.6 Å². The zero-order valence-electron chi connectivity index (χ0n) is 11.9. The number of anilines is 1. The molecule has 0 spiro atoms. The Hall–Kier alpha value is -1.89. The van der Waals surface area contributed by atoms with Crippen LogP contribution in [0.4, 0.5) is 10.5 Å². The van der Waals surface area contributed by atoms with Crippen molar-refractivity contribution in [1.82, 2.24) is 4.90 Å². The van der Waals surface area contributed by atoms with E-state index in [4.69, 9.17) is 5.11 Å². The highest BCUT2D eigenvalue weighted by Crippen LogP contribution is 2.30. The lowest BCUT2D eigenvalue weighted by atomic mass is 10.2. The molecule has 7 heteroatoms. The number of aromatic hydroxyl groups is 1. The minimum Gasteiger partial charge on any atom is -0.506 e. The summed E-state index contributed by atoms with van der Waals surface area (Å²) < 4.78 is 0.00476. The van der Waals surface area contributed by atoms with Crippen LogP contribution in [-0.4, -0.2) is 50.7 Å². The van der Waals surface area contributed by atoms with Crippen molar-refractivity contribution in [3.63, 3.8) is 0 Å². The number of carboxylic acids is 1. The number of benzene rings is 1. The number of carboxylic acid groups (broad SMARTS) is 1. The molecule has 1 fully saturated rings. The molecule has 6 nitrogen and oxygen atoms in total. The van der Waals surface area contributed by atoms with Crippen LogP contribution >= 0.6 is 11.8 Å². The van der Waals surface area contributed by atoms with E-state index in [1.807, 2.05) is 11.8 Å². The second-order valence-corrected chi connectivity index (χ2v) is 7.30. The van der Waals surface area contributed by atoms with E-state index >= 15 is 0 Å². The molecular weight excluding hydrogens is 292 g/mol. The predicted octanol–water partition coefficient (Wildman–Crippen LogP) is 2.45. The van der Waals surface area contributed by atoms with Gasteiger partial charge in [0, 0.05) is 23.6 Å². The van der Waals surface area contributed by atoms with Gasteiger partial charge in [0.25, 0.3) is 0 Å². The van der Waals surface area contributed by atoms with Crippen LogP contribution in [-0.2, 0) is 0 Å². The van der Waals surface area contributed by atoms with Gasteiger partial charge < -0.3 is 20.4 Å². The van der Waals surface area contributed by atoms with Crippen LogP contribution in [0.5, 0.6) is 5.75 Å². The summed E-state index contributed by atoms with van der Waals surface area (Å²) in [4.78, 5) is 24.7. The Morgan fingerprint density at radius 2 is 2.10 bits per heavy atom. The number of hydrogen-bond acceptors (Lipinski definition) is 4. The molecule has 1 aromatic carbocycles. The highest BCUT2D eigenvalue weighted by molar-refractivity contribution is 8.00. The number of nitrogens with zero attached hydrogens (tertiary/aromatic N) is 1. The van der Waals surface area contributed by atoms with E-state index in [2.05, 4.69) is 19.2 Å². The SMILES string of the molecule is CC1(C)CN(C(=O)Nc2ccc(C(=O)O)cc2O)CCS1. The molecule has 2 amide bonds. The predicted molar refractivity (Wildman–Crippen MR) is 82.2 cm³/mol. The molecule has 0 atom stereocenters. The smallest absolute Gasteiger partial charge is 0.335 e. The van der Waals surface area contributed by atoms with E-state index in [-0.39, 0.29) is 27.8 Å². The molecule has 0 unspecified atom stereocenters. The summed E-state index contributed by atoms with van der Waals surface area (Å²) in [5, 5.41) is 21.2. The number of urea groups is 1. The van der Waals surface area contributed by atoms with Crippen LogP contribution in [0.2, 0.25) is 0 Å². The van der Waals surface area contributed by atoms with Crippen LogP contribution < -0.4 is 5.32 Å². The van der Waals surface area contributed by atoms with Gasteiger partial charge in [-0.2, -0.15) is 11.8 Å². The largest absolute Gasteiger partial charge is 0.506 e. The second kappa shape index (κ2) is 5.85. The molecule has 0 saturated carbocycles. The fraction of sp³-hybridized carbons (Fsp3) is 0.429. The third-order valence-corrected chi connectivity index (χ3v) is 4.50. The number of nitrogens with one attached hydrogen (secondary N) is 1. The van der Waals surface area contributed by atoms with E-state index in [1.165, 1.54) is 12.1 Å². The van der Waals surface area contributed by atoms with E-state index in [1.54, 1.807) is 4.90 Å². The van der Waals surface area contributed by atoms with Gasteiger partial charge in [0.15, 0.2) is 0 Å². The lowest BCUT2D eigenvalue weighted by Crippen LogP contribution is -2.47. The van der Waals surface area contributed by atoms with E-state index in [0.29, 0.717) is 13.1 Å². The molecule has 1 aliphatic heterocycles. The Labute approximate surface area is 127 Å². The van der Waals surface area contributed by atoms with Crippen molar-refractivity contribution in [2.24, 2.45) is 0 Å². The van der Waals surface area contributed by atoms with E-state index in [9.17, 15) is 14.7 Å². The molecule has 114 valence electrons. The number of amides is 2. The average molecular weight is 310 g/mol. The molecule has 2 rings (SSSR count). The fourth-order valence-corrected chi connectivity index (χ4v) is 3.27. The van der Waals surface area contributed by atoms with Gasteiger partial charge in [-0.15, -0.1) is 0 Å². The van der Waals surface area contributed by atoms with Crippen molar-refractivity contribution < 1.29 is 19.8 Å². The van der Waals surface area contributed by atoms with Gasteiger partial charge in [-0.25, -0.2) is 9.59 Å². The molecular formula is C14H18N2O4S. The summed E-state index contributed by atoms with van der Waals surface area (Å²) in [6.45, 7) is 5.43. The summed E-state index contributed by atoms with van der Waals surface area (Å²) in [5.41, 5.74) is 0.182. The number of phenols is 1. The first-order valence-corrected chi connectivity index (χ1v) is 7.53. The van der Waals surface area contributed by atoms with Gasteiger partial charge in [-0.1, -0.05) is 0 Å². The Morgan fingerprint density at radius 3 is 2.67 bits per heavy atom. The van der Waals surface area contributed by atoms with Crippen molar-refractivity contribution in [2.75, 3.05) is 24.2 Å². The van der Waals surface area contributed by atoms with E-state index in [0.717, 1.165) is 11.8 Å². The van der Waals surface area contributed by atoms with Crippen molar-refractivity contribution >= 4 is 29.4 Å². The monoisotopic (exact) mass is 310 g/mol. The van der Waals surface area contributed by atoms with Crippen LogP contribution in [0, 0.1) is 0 Å². The first kappa shape index (κ1) is 15.5. The molecule has 0 bridgehead atoms. The Morgan fingerprint density at radius 1 is 1.38 bits per heavy atom. The quantitative estimate of drug-likeness (QED) is 0.730. The highest BCUT2D eigenvalue weighted by atomic mass is 32.2. The van der Waals surface area contributed by atoms with Gasteiger partial charge in [0.2, 0.25) is 0 Å². The second-order valence-electron chi connectivity index (χ2n) is 5.50. The summed E-state index contributed by atoms with van der Waals surface area (Å²) in [6, 6.07) is 3.56. The highest BCUT2D eigenvalue weighted by Gasteiger charge is 2.30. The normalized spacial score (nSPS) is 17.3. The minimum atomic E-state index is -1.13. The van der Waals surface area contributed by atoms with E-state index < -0.39 is 5.97 Å². The molecule has 3 N–H and O–H groups in total. The first-order valence-electron chi connectivity index (χ1n) is 6.55. The maximum Gasteiger partial charge on any atom is 0.335 e. The maximum absolute atomic E-state index is 12.2. The molecule has 21 heavy (non-hydrogen) atoms. The Kier molecular flexibility index (Phi) is 4.32. The third-order valence-electron chi connectivity index (χ3n) is 3.20. The number of carbonyl (C=O) groups is 2. The van der Waals surface area contributed by atoms with Gasteiger partial charge in [0.1, 0.15) is 5.75 Å². The number of hydrogen-bond donors (Lipinski definition) is 3. The lowest BCUT2D eigenvalue weighted by molar-refractivity contribution is 0.0696. The van der Waals surface area contributed by atoms with Crippen LogP contribution in [0.15, 0.2) is 18.2 Å². The van der Waals surface area contributed by atoms with Crippen molar-refractivity contribution in [1.29, 1.82) is 0 Å². The lowest BCUT2D eigenvalue weighted by Gasteiger charge is -2.37. The minimum absolute atomic E-state index is 0.00476. The summed E-state index contributed by atoms with van der Waals surface area (Å²) >= 11 is 1.82. The number of aromatic carboxylic acids is 1. The van der Waals surface area contributed by atoms with Gasteiger partial charge in [0.05, 0.1) is 11.3 Å². The summed E-state index contributed by atoms with van der Waals surface area (Å²) in [5.74, 6) is -0.517. The standard InChI is InChI=1S/C14H18N2O4S/c1-14(2)8-16(5-6-21-14)13(20)15-10-4-3-9(12(18)19)7-11(10)17/h3-4,7,17H,5-6,8H2,1-2H3,(H,15,20)(H,18,19). The molecule has 1 aromatic rings. The molecule has 0 aromatic heterocycles. The number of phenolic OH excluding ortho intramolecular Hbond substituents is 1. The first-order chi connectivity index (χ1) is 9.78. The van der Waals surface area contributed by atoms with Gasteiger partial charge in [-0.05, 0) is 32.0 Å². The maximum atomic E-state index is 12.2. The van der Waals surface area contributed by atoms with Gasteiger partial charge >= 0.3 is 12.0 Å². The number of rotatable bonds is 2. The van der Waals surface area contributed by atoms with Crippen LogP contribution in [0.1, 0.15) is 24.2 Å². The number of thioether (sulfide) groups is 1. The zero-order chi connectivity index (χ0) is 15.6. The third kappa shape index (κ3) is 3.81. The van der Waals surface area contributed by atoms with Gasteiger partial charge in [-0.3, -0.25) is 0 Å².